The smallest absolute Gasteiger partial charge is 0.291 e. The second-order valence-electron chi connectivity index (χ2n) is 5.58. The second kappa shape index (κ2) is 6.53. The minimum atomic E-state index is -0.406. The van der Waals surface area contributed by atoms with Crippen LogP contribution < -0.4 is 5.32 Å². The Morgan fingerprint density at radius 2 is 1.71 bits per heavy atom. The third kappa shape index (κ3) is 3.36. The number of nitrogens with one attached hydrogen (secondary N) is 1. The van der Waals surface area contributed by atoms with Gasteiger partial charge in [-0.15, -0.1) is 0 Å². The number of carbonyl (C=O) groups is 1. The Morgan fingerprint density at radius 3 is 2.42 bits per heavy atom. The molecule has 0 atom stereocenters. The Morgan fingerprint density at radius 1 is 1.04 bits per heavy atom. The number of aromatic hydroxyl groups is 1. The van der Waals surface area contributed by atoms with E-state index in [-0.39, 0.29) is 11.5 Å². The van der Waals surface area contributed by atoms with Crippen molar-refractivity contribution in [2.24, 2.45) is 0 Å². The Hall–Kier alpha value is -2.53. The normalized spacial score (nSPS) is 10.6. The molecule has 1 amide bonds. The lowest BCUT2D eigenvalue weighted by Gasteiger charge is -2.09. The molecule has 0 fully saturated rings. The summed E-state index contributed by atoms with van der Waals surface area (Å²) in [4.78, 5) is 12.3. The summed E-state index contributed by atoms with van der Waals surface area (Å²) in [6.07, 6.45) is 0. The van der Waals surface area contributed by atoms with E-state index in [0.29, 0.717) is 11.4 Å². The van der Waals surface area contributed by atoms with Crippen LogP contribution in [0.1, 0.15) is 21.7 Å². The number of furan rings is 1. The lowest BCUT2D eigenvalue weighted by Crippen LogP contribution is -2.11. The number of phenolic OH excluding ortho intramolecular Hbond substituents is 1. The van der Waals surface area contributed by atoms with Gasteiger partial charge in [0.15, 0.2) is 5.76 Å². The highest BCUT2D eigenvalue weighted by Gasteiger charge is 2.15. The van der Waals surface area contributed by atoms with Crippen LogP contribution in [0.4, 0.5) is 5.69 Å². The summed E-state index contributed by atoms with van der Waals surface area (Å²) in [5, 5.41) is 12.6. The third-order valence-electron chi connectivity index (χ3n) is 3.82. The fourth-order valence-electron chi connectivity index (χ4n) is 2.31. The maximum Gasteiger partial charge on any atom is 0.291 e. The molecule has 2 aromatic carbocycles. The number of hydrogen-bond donors (Lipinski definition) is 2. The average Bonchev–Trinajstić information content (AvgIpc) is 3.03. The number of aryl methyl sites for hydroxylation is 2. The Labute approximate surface area is 148 Å². The van der Waals surface area contributed by atoms with E-state index in [1.54, 1.807) is 24.3 Å². The van der Waals surface area contributed by atoms with E-state index in [1.165, 1.54) is 0 Å². The summed E-state index contributed by atoms with van der Waals surface area (Å²) in [6.45, 7) is 3.82. The Balaban J connectivity index is 1.81. The number of phenols is 1. The van der Waals surface area contributed by atoms with Crippen molar-refractivity contribution in [1.29, 1.82) is 0 Å². The zero-order valence-electron chi connectivity index (χ0n) is 13.3. The molecule has 4 nitrogen and oxygen atoms in total. The number of halogens is 1. The van der Waals surface area contributed by atoms with Gasteiger partial charge < -0.3 is 14.8 Å². The van der Waals surface area contributed by atoms with Crippen molar-refractivity contribution in [3.8, 4) is 17.1 Å². The first-order valence-electron chi connectivity index (χ1n) is 7.41. The molecule has 24 heavy (non-hydrogen) atoms. The van der Waals surface area contributed by atoms with Crippen LogP contribution in [0.5, 0.6) is 5.75 Å². The standard InChI is InChI=1S/C19H16BrNO3/c1-11-9-15(16(22)10-12(11)2)21-19(23)18-8-7-17(24-18)13-3-5-14(20)6-4-13/h3-10,22H,1-2H3,(H,21,23). The predicted octanol–water partition coefficient (Wildman–Crippen LogP) is 5.28. The molecule has 0 radical (unpaired) electrons. The van der Waals surface area contributed by atoms with Gasteiger partial charge in [-0.05, 0) is 61.4 Å². The van der Waals surface area contributed by atoms with Crippen LogP contribution in [-0.4, -0.2) is 11.0 Å². The van der Waals surface area contributed by atoms with Crippen molar-refractivity contribution in [2.45, 2.75) is 13.8 Å². The molecular formula is C19H16BrNO3. The predicted molar refractivity (Wildman–Crippen MR) is 97.4 cm³/mol. The van der Waals surface area contributed by atoms with Crippen LogP contribution in [0, 0.1) is 13.8 Å². The number of hydrogen-bond acceptors (Lipinski definition) is 3. The first-order chi connectivity index (χ1) is 11.4. The van der Waals surface area contributed by atoms with Crippen LogP contribution in [0.2, 0.25) is 0 Å². The SMILES string of the molecule is Cc1cc(O)c(NC(=O)c2ccc(-c3ccc(Br)cc3)o2)cc1C. The number of anilines is 1. The highest BCUT2D eigenvalue weighted by molar-refractivity contribution is 9.10. The van der Waals surface area contributed by atoms with Gasteiger partial charge in [0.05, 0.1) is 5.69 Å². The summed E-state index contributed by atoms with van der Waals surface area (Å²) in [6, 6.07) is 14.3. The zero-order valence-corrected chi connectivity index (χ0v) is 14.8. The van der Waals surface area contributed by atoms with E-state index < -0.39 is 5.91 Å². The molecule has 5 heteroatoms. The highest BCUT2D eigenvalue weighted by atomic mass is 79.9. The zero-order chi connectivity index (χ0) is 17.3. The van der Waals surface area contributed by atoms with Gasteiger partial charge >= 0.3 is 0 Å². The van der Waals surface area contributed by atoms with E-state index in [9.17, 15) is 9.90 Å². The van der Waals surface area contributed by atoms with Crippen LogP contribution in [0.3, 0.4) is 0 Å². The lowest BCUT2D eigenvalue weighted by atomic mass is 10.1. The lowest BCUT2D eigenvalue weighted by molar-refractivity contribution is 0.0997. The monoisotopic (exact) mass is 385 g/mol. The van der Waals surface area contributed by atoms with Gasteiger partial charge in [-0.1, -0.05) is 28.1 Å². The first-order valence-corrected chi connectivity index (χ1v) is 8.20. The van der Waals surface area contributed by atoms with E-state index in [4.69, 9.17) is 4.42 Å². The second-order valence-corrected chi connectivity index (χ2v) is 6.49. The van der Waals surface area contributed by atoms with Crippen molar-refractivity contribution >= 4 is 27.5 Å². The minimum absolute atomic E-state index is 0.0335. The summed E-state index contributed by atoms with van der Waals surface area (Å²) < 4.78 is 6.60. The van der Waals surface area contributed by atoms with Gasteiger partial charge in [-0.2, -0.15) is 0 Å². The summed E-state index contributed by atoms with van der Waals surface area (Å²) in [5.74, 6) is 0.422. The van der Waals surface area contributed by atoms with Gasteiger partial charge in [0, 0.05) is 10.0 Å². The molecule has 0 saturated carbocycles. The summed E-state index contributed by atoms with van der Waals surface area (Å²) in [5.41, 5.74) is 3.19. The topological polar surface area (TPSA) is 62.5 Å². The molecule has 0 bridgehead atoms. The molecule has 0 aliphatic heterocycles. The number of carbonyl (C=O) groups excluding carboxylic acids is 1. The molecule has 0 unspecified atom stereocenters. The molecule has 0 aliphatic carbocycles. The quantitative estimate of drug-likeness (QED) is 0.602. The molecule has 0 spiro atoms. The largest absolute Gasteiger partial charge is 0.506 e. The van der Waals surface area contributed by atoms with Crippen molar-refractivity contribution < 1.29 is 14.3 Å². The third-order valence-corrected chi connectivity index (χ3v) is 4.35. The number of rotatable bonds is 3. The van der Waals surface area contributed by atoms with E-state index >= 15 is 0 Å². The van der Waals surface area contributed by atoms with E-state index in [0.717, 1.165) is 21.2 Å². The van der Waals surface area contributed by atoms with Crippen molar-refractivity contribution in [1.82, 2.24) is 0 Å². The molecule has 1 heterocycles. The molecule has 1 aromatic heterocycles. The van der Waals surface area contributed by atoms with Gasteiger partial charge in [0.2, 0.25) is 0 Å². The van der Waals surface area contributed by atoms with Crippen LogP contribution in [0.25, 0.3) is 11.3 Å². The summed E-state index contributed by atoms with van der Waals surface area (Å²) in [7, 11) is 0. The van der Waals surface area contributed by atoms with E-state index in [1.807, 2.05) is 38.1 Å². The number of benzene rings is 2. The Bertz CT molecular complexity index is 897. The van der Waals surface area contributed by atoms with Gasteiger partial charge in [-0.3, -0.25) is 4.79 Å². The first kappa shape index (κ1) is 16.3. The molecule has 122 valence electrons. The molecular weight excluding hydrogens is 370 g/mol. The maximum absolute atomic E-state index is 12.3. The highest BCUT2D eigenvalue weighted by Crippen LogP contribution is 2.28. The van der Waals surface area contributed by atoms with Crippen LogP contribution in [-0.2, 0) is 0 Å². The fraction of sp³-hybridized carbons (Fsp3) is 0.105. The molecule has 3 rings (SSSR count). The fourth-order valence-corrected chi connectivity index (χ4v) is 2.58. The van der Waals surface area contributed by atoms with E-state index in [2.05, 4.69) is 21.2 Å². The number of amides is 1. The molecule has 0 saturated heterocycles. The van der Waals surface area contributed by atoms with Crippen molar-refractivity contribution in [2.75, 3.05) is 5.32 Å². The average molecular weight is 386 g/mol. The maximum atomic E-state index is 12.3. The Kier molecular flexibility index (Phi) is 4.44. The van der Waals surface area contributed by atoms with Crippen molar-refractivity contribution in [3.63, 3.8) is 0 Å². The molecule has 0 aliphatic rings. The van der Waals surface area contributed by atoms with Gasteiger partial charge in [-0.25, -0.2) is 0 Å². The van der Waals surface area contributed by atoms with Gasteiger partial charge in [0.25, 0.3) is 5.91 Å². The van der Waals surface area contributed by atoms with Crippen LogP contribution in [0.15, 0.2) is 57.4 Å². The van der Waals surface area contributed by atoms with Crippen molar-refractivity contribution in [3.05, 3.63) is 69.9 Å². The molecule has 2 N–H and O–H groups in total. The van der Waals surface area contributed by atoms with Gasteiger partial charge in [0.1, 0.15) is 11.5 Å². The minimum Gasteiger partial charge on any atom is -0.506 e. The summed E-state index contributed by atoms with van der Waals surface area (Å²) >= 11 is 3.38. The molecule has 3 aromatic rings. The van der Waals surface area contributed by atoms with Crippen LogP contribution >= 0.6 is 15.9 Å².